The number of ether oxygens (including phenoxy) is 1. The van der Waals surface area contributed by atoms with Crippen LogP contribution in [0, 0.1) is 5.92 Å². The predicted molar refractivity (Wildman–Crippen MR) is 81.2 cm³/mol. The standard InChI is InChI=1S/C17H26FNO/c1-17(2,3)15-4-6-16(7-5-15)20-11-10-19-9-8-14(12-18)13-19/h4-7,14H,8-13H2,1-3H3/t14-/m1/s1. The summed E-state index contributed by atoms with van der Waals surface area (Å²) >= 11 is 0. The largest absolute Gasteiger partial charge is 0.492 e. The highest BCUT2D eigenvalue weighted by Gasteiger charge is 2.21. The van der Waals surface area contributed by atoms with E-state index in [-0.39, 0.29) is 18.0 Å². The van der Waals surface area contributed by atoms with Crippen molar-refractivity contribution in [1.82, 2.24) is 4.90 Å². The first-order chi connectivity index (χ1) is 9.49. The van der Waals surface area contributed by atoms with Crippen LogP contribution in [0.25, 0.3) is 0 Å². The van der Waals surface area contributed by atoms with Gasteiger partial charge in [-0.05, 0) is 36.1 Å². The molecule has 0 bridgehead atoms. The van der Waals surface area contributed by atoms with Gasteiger partial charge in [0.25, 0.3) is 0 Å². The van der Waals surface area contributed by atoms with Crippen molar-refractivity contribution in [2.45, 2.75) is 32.6 Å². The summed E-state index contributed by atoms with van der Waals surface area (Å²) in [6.45, 7) is 9.87. The van der Waals surface area contributed by atoms with E-state index in [0.29, 0.717) is 6.61 Å². The van der Waals surface area contributed by atoms with E-state index in [0.717, 1.165) is 31.8 Å². The van der Waals surface area contributed by atoms with Crippen LogP contribution < -0.4 is 4.74 Å². The Balaban J connectivity index is 1.75. The summed E-state index contributed by atoms with van der Waals surface area (Å²) in [5, 5.41) is 0. The monoisotopic (exact) mass is 279 g/mol. The number of hydrogen-bond donors (Lipinski definition) is 0. The fourth-order valence-electron chi connectivity index (χ4n) is 2.59. The van der Waals surface area contributed by atoms with Crippen LogP contribution in [0.1, 0.15) is 32.8 Å². The molecule has 0 unspecified atom stereocenters. The molecule has 1 aliphatic heterocycles. The van der Waals surface area contributed by atoms with E-state index in [4.69, 9.17) is 4.74 Å². The van der Waals surface area contributed by atoms with Gasteiger partial charge in [-0.1, -0.05) is 32.9 Å². The fraction of sp³-hybridized carbons (Fsp3) is 0.647. The number of hydrogen-bond acceptors (Lipinski definition) is 2. The Bertz CT molecular complexity index is 410. The van der Waals surface area contributed by atoms with E-state index >= 15 is 0 Å². The molecule has 3 heteroatoms. The number of rotatable bonds is 5. The molecule has 1 saturated heterocycles. The average molecular weight is 279 g/mol. The average Bonchev–Trinajstić information content (AvgIpc) is 2.86. The van der Waals surface area contributed by atoms with Gasteiger partial charge in [0.2, 0.25) is 0 Å². The van der Waals surface area contributed by atoms with Crippen LogP contribution in [0.3, 0.4) is 0 Å². The van der Waals surface area contributed by atoms with Gasteiger partial charge in [-0.15, -0.1) is 0 Å². The zero-order valence-corrected chi connectivity index (χ0v) is 12.9. The minimum Gasteiger partial charge on any atom is -0.492 e. The normalized spacial score (nSPS) is 20.3. The summed E-state index contributed by atoms with van der Waals surface area (Å²) in [5.41, 5.74) is 1.49. The number of alkyl halides is 1. The van der Waals surface area contributed by atoms with Crippen LogP contribution >= 0.6 is 0 Å². The van der Waals surface area contributed by atoms with Crippen molar-refractivity contribution >= 4 is 0 Å². The molecule has 1 atom stereocenters. The minimum absolute atomic E-state index is 0.176. The van der Waals surface area contributed by atoms with Crippen molar-refractivity contribution in [2.24, 2.45) is 5.92 Å². The lowest BCUT2D eigenvalue weighted by atomic mass is 9.87. The molecule has 1 aromatic carbocycles. The zero-order valence-electron chi connectivity index (χ0n) is 12.9. The Kier molecular flexibility index (Phi) is 5.03. The maximum atomic E-state index is 12.5. The highest BCUT2D eigenvalue weighted by molar-refractivity contribution is 5.31. The molecule has 1 aliphatic rings. The first-order valence-electron chi connectivity index (χ1n) is 7.50. The predicted octanol–water partition coefficient (Wildman–Crippen LogP) is 3.65. The second-order valence-corrected chi connectivity index (χ2v) is 6.73. The Morgan fingerprint density at radius 3 is 2.50 bits per heavy atom. The van der Waals surface area contributed by atoms with Crippen LogP contribution in [0.5, 0.6) is 5.75 Å². The van der Waals surface area contributed by atoms with Gasteiger partial charge < -0.3 is 4.74 Å². The molecule has 0 N–H and O–H groups in total. The summed E-state index contributed by atoms with van der Waals surface area (Å²) in [4.78, 5) is 2.29. The van der Waals surface area contributed by atoms with E-state index in [1.807, 2.05) is 12.1 Å². The summed E-state index contributed by atoms with van der Waals surface area (Å²) in [6.07, 6.45) is 0.983. The van der Waals surface area contributed by atoms with Crippen molar-refractivity contribution in [3.63, 3.8) is 0 Å². The van der Waals surface area contributed by atoms with Crippen LogP contribution in [-0.4, -0.2) is 37.8 Å². The molecular formula is C17H26FNO. The fourth-order valence-corrected chi connectivity index (χ4v) is 2.59. The number of nitrogens with zero attached hydrogens (tertiary/aromatic N) is 1. The summed E-state index contributed by atoms with van der Waals surface area (Å²) in [6, 6.07) is 8.33. The molecule has 2 nitrogen and oxygen atoms in total. The van der Waals surface area contributed by atoms with Crippen molar-refractivity contribution < 1.29 is 9.13 Å². The molecule has 112 valence electrons. The van der Waals surface area contributed by atoms with Crippen LogP contribution in [0.15, 0.2) is 24.3 Å². The van der Waals surface area contributed by atoms with Gasteiger partial charge in [0.1, 0.15) is 12.4 Å². The van der Waals surface area contributed by atoms with Crippen LogP contribution in [-0.2, 0) is 5.41 Å². The van der Waals surface area contributed by atoms with Crippen LogP contribution in [0.4, 0.5) is 4.39 Å². The van der Waals surface area contributed by atoms with Gasteiger partial charge in [-0.2, -0.15) is 0 Å². The highest BCUT2D eigenvalue weighted by atomic mass is 19.1. The number of halogens is 1. The topological polar surface area (TPSA) is 12.5 Å². The maximum Gasteiger partial charge on any atom is 0.119 e. The Labute approximate surface area is 121 Å². The van der Waals surface area contributed by atoms with Crippen molar-refractivity contribution in [1.29, 1.82) is 0 Å². The van der Waals surface area contributed by atoms with Gasteiger partial charge in [-0.25, -0.2) is 0 Å². The van der Waals surface area contributed by atoms with Crippen molar-refractivity contribution in [2.75, 3.05) is 32.9 Å². The molecular weight excluding hydrogens is 253 g/mol. The van der Waals surface area contributed by atoms with Gasteiger partial charge in [0.05, 0.1) is 6.67 Å². The molecule has 0 aromatic heterocycles. The van der Waals surface area contributed by atoms with Crippen LogP contribution in [0.2, 0.25) is 0 Å². The summed E-state index contributed by atoms with van der Waals surface area (Å²) in [5.74, 6) is 1.15. The van der Waals surface area contributed by atoms with E-state index in [9.17, 15) is 4.39 Å². The first-order valence-corrected chi connectivity index (χ1v) is 7.50. The third-order valence-electron chi connectivity index (χ3n) is 3.98. The van der Waals surface area contributed by atoms with Gasteiger partial charge in [0, 0.05) is 19.0 Å². The quantitative estimate of drug-likeness (QED) is 0.815. The lowest BCUT2D eigenvalue weighted by Gasteiger charge is -2.19. The molecule has 0 radical (unpaired) electrons. The highest BCUT2D eigenvalue weighted by Crippen LogP contribution is 2.24. The smallest absolute Gasteiger partial charge is 0.119 e. The van der Waals surface area contributed by atoms with Crippen molar-refractivity contribution in [3.05, 3.63) is 29.8 Å². The molecule has 1 fully saturated rings. The van der Waals surface area contributed by atoms with Crippen molar-refractivity contribution in [3.8, 4) is 5.75 Å². The summed E-state index contributed by atoms with van der Waals surface area (Å²) < 4.78 is 18.3. The zero-order chi connectivity index (χ0) is 14.6. The molecule has 1 heterocycles. The third kappa shape index (κ3) is 4.20. The molecule has 2 rings (SSSR count). The third-order valence-corrected chi connectivity index (χ3v) is 3.98. The Morgan fingerprint density at radius 1 is 1.25 bits per heavy atom. The molecule has 20 heavy (non-hydrogen) atoms. The lowest BCUT2D eigenvalue weighted by molar-refractivity contribution is 0.228. The SMILES string of the molecule is CC(C)(C)c1ccc(OCCN2CC[C@H](CF)C2)cc1. The maximum absolute atomic E-state index is 12.5. The van der Waals surface area contributed by atoms with E-state index < -0.39 is 0 Å². The minimum atomic E-state index is -0.189. The molecule has 0 aliphatic carbocycles. The number of benzene rings is 1. The van der Waals surface area contributed by atoms with Gasteiger partial charge in [-0.3, -0.25) is 9.29 Å². The molecule has 0 saturated carbocycles. The van der Waals surface area contributed by atoms with E-state index in [1.54, 1.807) is 0 Å². The van der Waals surface area contributed by atoms with E-state index in [2.05, 4.69) is 37.8 Å². The second kappa shape index (κ2) is 6.57. The molecule has 1 aromatic rings. The number of likely N-dealkylation sites (tertiary alicyclic amines) is 1. The Hall–Kier alpha value is -1.09. The van der Waals surface area contributed by atoms with Gasteiger partial charge >= 0.3 is 0 Å². The summed E-state index contributed by atoms with van der Waals surface area (Å²) in [7, 11) is 0. The molecule has 0 spiro atoms. The van der Waals surface area contributed by atoms with Gasteiger partial charge in [0.15, 0.2) is 0 Å². The molecule has 0 amide bonds. The Morgan fingerprint density at radius 2 is 1.95 bits per heavy atom. The first kappa shape index (κ1) is 15.3. The lowest BCUT2D eigenvalue weighted by Crippen LogP contribution is -2.26. The van der Waals surface area contributed by atoms with E-state index in [1.165, 1.54) is 5.56 Å². The second-order valence-electron chi connectivity index (χ2n) is 6.73.